The smallest absolute Gasteiger partial charge is 0.328 e. The molecule has 4 nitrogen and oxygen atoms in total. The van der Waals surface area contributed by atoms with Gasteiger partial charge in [-0.1, -0.05) is 0 Å². The van der Waals surface area contributed by atoms with Crippen molar-refractivity contribution in [2.75, 3.05) is 13.2 Å². The van der Waals surface area contributed by atoms with E-state index in [0.29, 0.717) is 13.2 Å². The molecule has 0 aliphatic carbocycles. The highest BCUT2D eigenvalue weighted by atomic mass is 32.1. The third kappa shape index (κ3) is 5.14. The van der Waals surface area contributed by atoms with E-state index in [4.69, 9.17) is 14.6 Å². The summed E-state index contributed by atoms with van der Waals surface area (Å²) in [6.07, 6.45) is 6.42. The zero-order valence-electron chi connectivity index (χ0n) is 10.7. The fourth-order valence-corrected chi connectivity index (χ4v) is 2.75. The third-order valence-electron chi connectivity index (χ3n) is 2.91. The molecular weight excluding hydrogens is 264 g/mol. The number of thiophene rings is 1. The molecule has 0 spiro atoms. The molecule has 0 amide bonds. The molecule has 5 heteroatoms. The monoisotopic (exact) mass is 282 g/mol. The number of carboxylic acids is 1. The Labute approximate surface area is 116 Å². The summed E-state index contributed by atoms with van der Waals surface area (Å²) >= 11 is 1.58. The minimum absolute atomic E-state index is 0.236. The van der Waals surface area contributed by atoms with Crippen molar-refractivity contribution >= 4 is 23.4 Å². The molecule has 1 aliphatic heterocycles. The molecule has 0 aromatic carbocycles. The van der Waals surface area contributed by atoms with Crippen LogP contribution < -0.4 is 0 Å². The van der Waals surface area contributed by atoms with Crippen LogP contribution in [0.4, 0.5) is 0 Å². The van der Waals surface area contributed by atoms with Crippen LogP contribution in [0.2, 0.25) is 0 Å². The molecule has 104 valence electrons. The lowest BCUT2D eigenvalue weighted by atomic mass is 10.1. The number of aliphatic carboxylic acids is 1. The highest BCUT2D eigenvalue weighted by molar-refractivity contribution is 7.10. The van der Waals surface area contributed by atoms with Gasteiger partial charge < -0.3 is 14.6 Å². The van der Waals surface area contributed by atoms with Crippen LogP contribution in [0.5, 0.6) is 0 Å². The third-order valence-corrected chi connectivity index (χ3v) is 3.84. The molecule has 1 aromatic heterocycles. The highest BCUT2D eigenvalue weighted by Gasteiger charge is 2.13. The van der Waals surface area contributed by atoms with Crippen molar-refractivity contribution in [2.45, 2.75) is 32.0 Å². The summed E-state index contributed by atoms with van der Waals surface area (Å²) in [5.74, 6) is -0.932. The van der Waals surface area contributed by atoms with Gasteiger partial charge in [-0.3, -0.25) is 0 Å². The van der Waals surface area contributed by atoms with Gasteiger partial charge in [-0.05, 0) is 42.3 Å². The highest BCUT2D eigenvalue weighted by Crippen LogP contribution is 2.18. The number of ether oxygens (including phenoxy) is 2. The number of carboxylic acid groups (broad SMARTS) is 1. The second-order valence-electron chi connectivity index (χ2n) is 4.52. The normalized spacial score (nSPS) is 19.9. The average Bonchev–Trinajstić information content (AvgIpc) is 2.86. The quantitative estimate of drug-likeness (QED) is 0.815. The molecule has 2 rings (SSSR count). The van der Waals surface area contributed by atoms with Crippen LogP contribution in [0.25, 0.3) is 6.08 Å². The van der Waals surface area contributed by atoms with Crippen molar-refractivity contribution in [1.82, 2.24) is 0 Å². The van der Waals surface area contributed by atoms with E-state index in [9.17, 15) is 4.79 Å². The molecular formula is C14H18O4S. The van der Waals surface area contributed by atoms with Crippen LogP contribution in [0.1, 0.15) is 29.7 Å². The lowest BCUT2D eigenvalue weighted by Gasteiger charge is -2.22. The Morgan fingerprint density at radius 1 is 1.58 bits per heavy atom. The molecule has 1 aliphatic rings. The molecule has 1 saturated heterocycles. The van der Waals surface area contributed by atoms with Crippen LogP contribution in [-0.2, 0) is 20.9 Å². The van der Waals surface area contributed by atoms with Crippen LogP contribution in [0, 0.1) is 0 Å². The van der Waals surface area contributed by atoms with Crippen LogP contribution in [0.15, 0.2) is 17.5 Å². The van der Waals surface area contributed by atoms with Gasteiger partial charge in [0.15, 0.2) is 0 Å². The fraction of sp³-hybridized carbons (Fsp3) is 0.500. The molecule has 0 saturated carbocycles. The van der Waals surface area contributed by atoms with Gasteiger partial charge in [0.1, 0.15) is 0 Å². The maximum absolute atomic E-state index is 10.4. The molecule has 1 N–H and O–H groups in total. The van der Waals surface area contributed by atoms with E-state index < -0.39 is 5.97 Å². The molecule has 1 aromatic rings. The molecule has 1 atom stereocenters. The Morgan fingerprint density at radius 2 is 2.47 bits per heavy atom. The maximum Gasteiger partial charge on any atom is 0.328 e. The number of rotatable bonds is 6. The Balaban J connectivity index is 1.72. The van der Waals surface area contributed by atoms with Gasteiger partial charge in [0.25, 0.3) is 0 Å². The first-order chi connectivity index (χ1) is 9.24. The SMILES string of the molecule is O=C(O)C=Cc1csc(COCC2CCCCO2)c1. The van der Waals surface area contributed by atoms with Gasteiger partial charge >= 0.3 is 5.97 Å². The number of carbonyl (C=O) groups is 1. The minimum atomic E-state index is -0.932. The van der Waals surface area contributed by atoms with E-state index in [0.717, 1.165) is 36.0 Å². The largest absolute Gasteiger partial charge is 0.478 e. The van der Waals surface area contributed by atoms with E-state index >= 15 is 0 Å². The molecule has 19 heavy (non-hydrogen) atoms. The van der Waals surface area contributed by atoms with Gasteiger partial charge in [-0.25, -0.2) is 4.79 Å². The Bertz CT molecular complexity index is 432. The molecule has 0 bridgehead atoms. The number of hydrogen-bond acceptors (Lipinski definition) is 4. The average molecular weight is 282 g/mol. The summed E-state index contributed by atoms with van der Waals surface area (Å²) in [7, 11) is 0. The van der Waals surface area contributed by atoms with E-state index in [2.05, 4.69) is 0 Å². The molecule has 1 unspecified atom stereocenters. The lowest BCUT2D eigenvalue weighted by molar-refractivity contribution is -0.131. The first-order valence-electron chi connectivity index (χ1n) is 6.42. The fourth-order valence-electron chi connectivity index (χ4n) is 1.96. The van der Waals surface area contributed by atoms with Gasteiger partial charge in [0, 0.05) is 17.6 Å². The van der Waals surface area contributed by atoms with Crippen molar-refractivity contribution in [3.63, 3.8) is 0 Å². The Morgan fingerprint density at radius 3 is 3.21 bits per heavy atom. The molecule has 0 radical (unpaired) electrons. The summed E-state index contributed by atoms with van der Waals surface area (Å²) < 4.78 is 11.2. The number of hydrogen-bond donors (Lipinski definition) is 1. The Hall–Kier alpha value is -1.17. The summed E-state index contributed by atoms with van der Waals surface area (Å²) in [5.41, 5.74) is 0.903. The van der Waals surface area contributed by atoms with Crippen molar-refractivity contribution in [3.8, 4) is 0 Å². The minimum Gasteiger partial charge on any atom is -0.478 e. The van der Waals surface area contributed by atoms with E-state index in [1.54, 1.807) is 17.4 Å². The molecule has 1 fully saturated rings. The predicted molar refractivity (Wildman–Crippen MR) is 74.2 cm³/mol. The van der Waals surface area contributed by atoms with Crippen LogP contribution >= 0.6 is 11.3 Å². The van der Waals surface area contributed by atoms with Crippen molar-refractivity contribution in [2.24, 2.45) is 0 Å². The van der Waals surface area contributed by atoms with Crippen molar-refractivity contribution in [3.05, 3.63) is 28.0 Å². The predicted octanol–water partition coefficient (Wildman–Crippen LogP) is 2.93. The second-order valence-corrected chi connectivity index (χ2v) is 5.52. The summed E-state index contributed by atoms with van der Waals surface area (Å²) in [5, 5.41) is 10.5. The van der Waals surface area contributed by atoms with E-state index in [1.165, 1.54) is 6.42 Å². The first-order valence-corrected chi connectivity index (χ1v) is 7.30. The van der Waals surface area contributed by atoms with Crippen LogP contribution in [0.3, 0.4) is 0 Å². The summed E-state index contributed by atoms with van der Waals surface area (Å²) in [6.45, 7) is 2.04. The molecule has 2 heterocycles. The van der Waals surface area contributed by atoms with Crippen molar-refractivity contribution in [1.29, 1.82) is 0 Å². The standard InChI is InChI=1S/C14H18O4S/c15-14(16)5-4-11-7-13(19-10-11)9-17-8-12-3-1-2-6-18-12/h4-5,7,10,12H,1-3,6,8-9H2,(H,15,16). The zero-order valence-corrected chi connectivity index (χ0v) is 11.5. The zero-order chi connectivity index (χ0) is 13.5. The topological polar surface area (TPSA) is 55.8 Å². The second kappa shape index (κ2) is 7.43. The summed E-state index contributed by atoms with van der Waals surface area (Å²) in [4.78, 5) is 11.5. The van der Waals surface area contributed by atoms with Gasteiger partial charge in [-0.15, -0.1) is 11.3 Å². The first kappa shape index (κ1) is 14.2. The van der Waals surface area contributed by atoms with Crippen LogP contribution in [-0.4, -0.2) is 30.4 Å². The Kier molecular flexibility index (Phi) is 5.57. The van der Waals surface area contributed by atoms with Gasteiger partial charge in [0.05, 0.1) is 19.3 Å². The van der Waals surface area contributed by atoms with E-state index in [1.807, 2.05) is 11.4 Å². The van der Waals surface area contributed by atoms with Gasteiger partial charge in [-0.2, -0.15) is 0 Å². The van der Waals surface area contributed by atoms with Gasteiger partial charge in [0.2, 0.25) is 0 Å². The van der Waals surface area contributed by atoms with E-state index in [-0.39, 0.29) is 6.10 Å². The van der Waals surface area contributed by atoms with Crippen molar-refractivity contribution < 1.29 is 19.4 Å². The maximum atomic E-state index is 10.4. The summed E-state index contributed by atoms with van der Waals surface area (Å²) in [6, 6.07) is 1.95. The lowest BCUT2D eigenvalue weighted by Crippen LogP contribution is -2.24.